The third kappa shape index (κ3) is 5.46. The van der Waals surface area contributed by atoms with Crippen LogP contribution in [0.15, 0.2) is 66.7 Å². The van der Waals surface area contributed by atoms with Gasteiger partial charge in [-0.05, 0) is 55.2 Å². The predicted octanol–water partition coefficient (Wildman–Crippen LogP) is 4.26. The fourth-order valence-corrected chi connectivity index (χ4v) is 4.06. The number of aromatic nitrogens is 2. The van der Waals surface area contributed by atoms with Crippen LogP contribution in [0.2, 0.25) is 0 Å². The van der Waals surface area contributed by atoms with Crippen molar-refractivity contribution in [2.75, 3.05) is 6.61 Å². The van der Waals surface area contributed by atoms with Gasteiger partial charge < -0.3 is 19.7 Å². The topological polar surface area (TPSA) is 76.4 Å². The second-order valence-corrected chi connectivity index (χ2v) is 8.68. The molecule has 0 radical (unpaired) electrons. The summed E-state index contributed by atoms with van der Waals surface area (Å²) in [7, 11) is 0. The third-order valence-corrected chi connectivity index (χ3v) is 6.07. The van der Waals surface area contributed by atoms with Crippen molar-refractivity contribution in [1.29, 1.82) is 0 Å². The van der Waals surface area contributed by atoms with Gasteiger partial charge in [-0.25, -0.2) is 4.98 Å². The second kappa shape index (κ2) is 10.5. The van der Waals surface area contributed by atoms with E-state index in [1.54, 1.807) is 0 Å². The molecule has 1 amide bonds. The van der Waals surface area contributed by atoms with Crippen molar-refractivity contribution in [1.82, 2.24) is 14.9 Å². The largest absolute Gasteiger partial charge is 0.490 e. The van der Waals surface area contributed by atoms with Crippen molar-refractivity contribution in [3.63, 3.8) is 0 Å². The Bertz CT molecular complexity index is 1280. The van der Waals surface area contributed by atoms with Gasteiger partial charge in [0.15, 0.2) is 0 Å². The number of aliphatic hydroxyl groups is 1. The number of benzene rings is 3. The van der Waals surface area contributed by atoms with Crippen molar-refractivity contribution in [3.05, 3.63) is 94.8 Å². The molecule has 0 unspecified atom stereocenters. The van der Waals surface area contributed by atoms with Gasteiger partial charge in [-0.1, -0.05) is 54.6 Å². The molecule has 2 N–H and O–H groups in total. The number of amides is 1. The van der Waals surface area contributed by atoms with E-state index in [2.05, 4.69) is 16.4 Å². The van der Waals surface area contributed by atoms with Gasteiger partial charge in [-0.3, -0.25) is 4.79 Å². The first-order valence-electron chi connectivity index (χ1n) is 11.5. The lowest BCUT2D eigenvalue weighted by atomic mass is 10.1. The smallest absolute Gasteiger partial charge is 0.227 e. The summed E-state index contributed by atoms with van der Waals surface area (Å²) in [5.41, 5.74) is 6.00. The fraction of sp³-hybridized carbons (Fsp3) is 0.286. The summed E-state index contributed by atoms with van der Waals surface area (Å²) in [5.74, 6) is 1.32. The molecule has 0 aliphatic carbocycles. The Kier molecular flexibility index (Phi) is 7.28. The van der Waals surface area contributed by atoms with Crippen LogP contribution in [-0.4, -0.2) is 33.3 Å². The normalized spacial score (nSPS) is 12.0. The highest BCUT2D eigenvalue weighted by Gasteiger charge is 2.18. The Balaban J connectivity index is 1.46. The summed E-state index contributed by atoms with van der Waals surface area (Å²) in [5, 5.41) is 13.8. The van der Waals surface area contributed by atoms with Crippen LogP contribution in [0.25, 0.3) is 11.0 Å². The van der Waals surface area contributed by atoms with Gasteiger partial charge in [0.1, 0.15) is 24.3 Å². The zero-order valence-electron chi connectivity index (χ0n) is 19.9. The number of carbonyl (C=O) groups excluding carboxylic acids is 1. The van der Waals surface area contributed by atoms with E-state index < -0.39 is 6.10 Å². The van der Waals surface area contributed by atoms with Gasteiger partial charge >= 0.3 is 0 Å². The van der Waals surface area contributed by atoms with E-state index in [0.29, 0.717) is 12.4 Å². The number of fused-ring (bicyclic) bond motifs is 1. The first-order chi connectivity index (χ1) is 16.4. The van der Waals surface area contributed by atoms with Crippen LogP contribution < -0.4 is 10.1 Å². The van der Waals surface area contributed by atoms with Crippen LogP contribution in [0.5, 0.6) is 5.75 Å². The van der Waals surface area contributed by atoms with E-state index in [4.69, 9.17) is 4.74 Å². The van der Waals surface area contributed by atoms with Crippen LogP contribution in [0.3, 0.4) is 0 Å². The molecule has 6 heteroatoms. The number of aliphatic hydroxyl groups excluding tert-OH is 1. The maximum Gasteiger partial charge on any atom is 0.227 e. The number of hydrogen-bond acceptors (Lipinski definition) is 4. The highest BCUT2D eigenvalue weighted by molar-refractivity contribution is 5.81. The van der Waals surface area contributed by atoms with Crippen molar-refractivity contribution < 1.29 is 14.6 Å². The first-order valence-corrected chi connectivity index (χ1v) is 11.5. The molecule has 176 valence electrons. The molecule has 6 nitrogen and oxygen atoms in total. The van der Waals surface area contributed by atoms with E-state index in [1.165, 1.54) is 0 Å². The maximum atomic E-state index is 12.7. The first kappa shape index (κ1) is 23.5. The standard InChI is InChI=1S/C28H31N3O3/c1-19-13-14-20(2)28(21(19)3)34-18-23(32)17-31-25-12-8-7-11-24(25)30-26(31)15-27(33)29-16-22-9-5-4-6-10-22/h4-14,23,32H,15-18H2,1-3H3,(H,29,33)/t23-/m0/s1. The number of hydrogen-bond donors (Lipinski definition) is 2. The van der Waals surface area contributed by atoms with Crippen molar-refractivity contribution in [2.45, 2.75) is 46.4 Å². The Morgan fingerprint density at radius 1 is 1.00 bits per heavy atom. The average molecular weight is 458 g/mol. The SMILES string of the molecule is Cc1ccc(C)c(OC[C@@H](O)Cn2c(CC(=O)NCc3ccccc3)nc3ccccc32)c1C. The number of para-hydroxylation sites is 2. The van der Waals surface area contributed by atoms with E-state index in [-0.39, 0.29) is 25.5 Å². The van der Waals surface area contributed by atoms with Gasteiger partial charge in [0.05, 0.1) is 24.0 Å². The number of ether oxygens (including phenoxy) is 1. The summed E-state index contributed by atoms with van der Waals surface area (Å²) in [6.07, 6.45) is -0.631. The van der Waals surface area contributed by atoms with Gasteiger partial charge in [0, 0.05) is 6.54 Å². The lowest BCUT2D eigenvalue weighted by molar-refractivity contribution is -0.120. The summed E-state index contributed by atoms with van der Waals surface area (Å²) in [6, 6.07) is 21.6. The van der Waals surface area contributed by atoms with Crippen molar-refractivity contribution in [3.8, 4) is 5.75 Å². The highest BCUT2D eigenvalue weighted by atomic mass is 16.5. The van der Waals surface area contributed by atoms with Gasteiger partial charge in [-0.15, -0.1) is 0 Å². The molecule has 1 heterocycles. The lowest BCUT2D eigenvalue weighted by Crippen LogP contribution is -2.28. The van der Waals surface area contributed by atoms with Crippen LogP contribution in [0, 0.1) is 20.8 Å². The van der Waals surface area contributed by atoms with Crippen LogP contribution in [0.4, 0.5) is 0 Å². The summed E-state index contributed by atoms with van der Waals surface area (Å²) in [6.45, 7) is 6.97. The summed E-state index contributed by atoms with van der Waals surface area (Å²) in [4.78, 5) is 17.3. The van der Waals surface area contributed by atoms with Crippen LogP contribution >= 0.6 is 0 Å². The number of carbonyl (C=O) groups is 1. The molecule has 0 bridgehead atoms. The Labute approximate surface area is 200 Å². The second-order valence-electron chi connectivity index (χ2n) is 8.68. The number of imidazole rings is 1. The zero-order chi connectivity index (χ0) is 24.1. The molecule has 4 aromatic rings. The van der Waals surface area contributed by atoms with E-state index >= 15 is 0 Å². The van der Waals surface area contributed by atoms with Gasteiger partial charge in [0.2, 0.25) is 5.91 Å². The zero-order valence-corrected chi connectivity index (χ0v) is 19.9. The monoisotopic (exact) mass is 457 g/mol. The molecule has 0 aliphatic rings. The average Bonchev–Trinajstić information content (AvgIpc) is 3.17. The van der Waals surface area contributed by atoms with Crippen LogP contribution in [-0.2, 0) is 24.3 Å². The Morgan fingerprint density at radius 2 is 1.71 bits per heavy atom. The maximum absolute atomic E-state index is 12.7. The number of nitrogens with zero attached hydrogens (tertiary/aromatic N) is 2. The molecular weight excluding hydrogens is 426 g/mol. The molecule has 1 atom stereocenters. The van der Waals surface area contributed by atoms with Crippen LogP contribution in [0.1, 0.15) is 28.1 Å². The molecule has 0 spiro atoms. The molecule has 34 heavy (non-hydrogen) atoms. The molecule has 0 saturated carbocycles. The van der Waals surface area contributed by atoms with E-state index in [9.17, 15) is 9.90 Å². The van der Waals surface area contributed by atoms with Gasteiger partial charge in [-0.2, -0.15) is 0 Å². The molecule has 3 aromatic carbocycles. The fourth-order valence-electron chi connectivity index (χ4n) is 4.06. The number of nitrogens with one attached hydrogen (secondary N) is 1. The van der Waals surface area contributed by atoms with Gasteiger partial charge in [0.25, 0.3) is 0 Å². The Hall–Kier alpha value is -3.64. The highest BCUT2D eigenvalue weighted by Crippen LogP contribution is 2.26. The molecule has 0 fully saturated rings. The molecule has 4 rings (SSSR count). The third-order valence-electron chi connectivity index (χ3n) is 6.07. The predicted molar refractivity (Wildman–Crippen MR) is 134 cm³/mol. The van der Waals surface area contributed by atoms with Crippen molar-refractivity contribution >= 4 is 16.9 Å². The minimum absolute atomic E-state index is 0.114. The number of aryl methyl sites for hydroxylation is 2. The molecule has 1 aromatic heterocycles. The minimum Gasteiger partial charge on any atom is -0.490 e. The van der Waals surface area contributed by atoms with Crippen molar-refractivity contribution in [2.24, 2.45) is 0 Å². The molecule has 0 saturated heterocycles. The summed E-state index contributed by atoms with van der Waals surface area (Å²) >= 11 is 0. The summed E-state index contributed by atoms with van der Waals surface area (Å²) < 4.78 is 7.93. The number of rotatable bonds is 9. The van der Waals surface area contributed by atoms with E-state index in [0.717, 1.165) is 39.0 Å². The lowest BCUT2D eigenvalue weighted by Gasteiger charge is -2.18. The molecular formula is C28H31N3O3. The Morgan fingerprint density at radius 3 is 2.50 bits per heavy atom. The minimum atomic E-state index is -0.761. The quantitative estimate of drug-likeness (QED) is 0.394. The van der Waals surface area contributed by atoms with E-state index in [1.807, 2.05) is 86.0 Å². The molecule has 0 aliphatic heterocycles.